The second-order valence-electron chi connectivity index (χ2n) is 5.12. The van der Waals surface area contributed by atoms with Crippen LogP contribution < -0.4 is 0 Å². The maximum Gasteiger partial charge on any atom is 0.339 e. The summed E-state index contributed by atoms with van der Waals surface area (Å²) in [6.07, 6.45) is 3.12. The Kier molecular flexibility index (Phi) is 8.52. The van der Waals surface area contributed by atoms with Gasteiger partial charge in [-0.15, -0.1) is 5.92 Å². The summed E-state index contributed by atoms with van der Waals surface area (Å²) in [6, 6.07) is 6.38. The molecule has 0 fully saturated rings. The van der Waals surface area contributed by atoms with Gasteiger partial charge in [0, 0.05) is 0 Å². The summed E-state index contributed by atoms with van der Waals surface area (Å²) in [5.41, 5.74) is 0.676. The second kappa shape index (κ2) is 10.4. The fourth-order valence-electron chi connectivity index (χ4n) is 1.95. The molecule has 0 aromatic heterocycles. The lowest BCUT2D eigenvalue weighted by Gasteiger charge is -2.11. The molecule has 0 radical (unpaired) electrons. The van der Waals surface area contributed by atoms with Crippen molar-refractivity contribution in [3.63, 3.8) is 0 Å². The van der Waals surface area contributed by atoms with E-state index in [0.717, 1.165) is 19.3 Å². The maximum absolute atomic E-state index is 12.1. The Hall–Kier alpha value is -2.28. The van der Waals surface area contributed by atoms with E-state index < -0.39 is 18.0 Å². The zero-order valence-electron chi connectivity index (χ0n) is 14.1. The first-order valence-electron chi connectivity index (χ1n) is 8.02. The largest absolute Gasteiger partial charge is 0.462 e. The van der Waals surface area contributed by atoms with Crippen molar-refractivity contribution in [1.29, 1.82) is 0 Å². The van der Waals surface area contributed by atoms with Crippen molar-refractivity contribution in [3.8, 4) is 11.8 Å². The summed E-state index contributed by atoms with van der Waals surface area (Å²) in [7, 11) is 0. The Morgan fingerprint density at radius 2 is 1.83 bits per heavy atom. The van der Waals surface area contributed by atoms with Crippen LogP contribution in [0.25, 0.3) is 0 Å². The highest BCUT2D eigenvalue weighted by Gasteiger charge is 2.15. The number of carbonyl (C=O) groups excluding carboxylic acids is 2. The van der Waals surface area contributed by atoms with Crippen molar-refractivity contribution in [2.75, 3.05) is 6.61 Å². The van der Waals surface area contributed by atoms with Crippen molar-refractivity contribution >= 4 is 11.9 Å². The molecule has 0 spiro atoms. The average Bonchev–Trinajstić information content (AvgIpc) is 2.58. The third-order valence-corrected chi connectivity index (χ3v) is 3.24. The van der Waals surface area contributed by atoms with Gasteiger partial charge in [-0.1, -0.05) is 38.7 Å². The Balaban J connectivity index is 2.69. The van der Waals surface area contributed by atoms with Crippen LogP contribution in [0.2, 0.25) is 0 Å². The van der Waals surface area contributed by atoms with E-state index in [9.17, 15) is 9.59 Å². The van der Waals surface area contributed by atoms with Crippen LogP contribution in [0.1, 0.15) is 67.2 Å². The fourth-order valence-corrected chi connectivity index (χ4v) is 1.95. The lowest BCUT2D eigenvalue weighted by molar-refractivity contribution is 0.0404. The van der Waals surface area contributed by atoms with Crippen LogP contribution in [-0.4, -0.2) is 24.6 Å². The molecule has 0 saturated carbocycles. The van der Waals surface area contributed by atoms with E-state index in [1.54, 1.807) is 25.1 Å². The van der Waals surface area contributed by atoms with E-state index in [1.165, 1.54) is 6.07 Å². The molecule has 4 nitrogen and oxygen atoms in total. The molecule has 23 heavy (non-hydrogen) atoms. The van der Waals surface area contributed by atoms with Crippen molar-refractivity contribution in [3.05, 3.63) is 35.4 Å². The third-order valence-electron chi connectivity index (χ3n) is 3.24. The normalized spacial score (nSPS) is 11.1. The van der Waals surface area contributed by atoms with Crippen molar-refractivity contribution < 1.29 is 19.1 Å². The van der Waals surface area contributed by atoms with E-state index in [0.29, 0.717) is 24.2 Å². The molecule has 0 aliphatic heterocycles. The first-order valence-corrected chi connectivity index (χ1v) is 8.02. The summed E-state index contributed by atoms with van der Waals surface area (Å²) < 4.78 is 10.5. The van der Waals surface area contributed by atoms with E-state index in [2.05, 4.69) is 18.8 Å². The summed E-state index contributed by atoms with van der Waals surface area (Å²) >= 11 is 0. The number of hydrogen-bond donors (Lipinski definition) is 0. The van der Waals surface area contributed by atoms with Gasteiger partial charge in [0.2, 0.25) is 0 Å². The molecular weight excluding hydrogens is 292 g/mol. The van der Waals surface area contributed by atoms with Crippen LogP contribution in [0.3, 0.4) is 0 Å². The van der Waals surface area contributed by atoms with Gasteiger partial charge in [0.05, 0.1) is 17.7 Å². The number of hydrogen-bond acceptors (Lipinski definition) is 4. The summed E-state index contributed by atoms with van der Waals surface area (Å²) in [6.45, 7) is 6.08. The van der Waals surface area contributed by atoms with Gasteiger partial charge in [0.25, 0.3) is 0 Å². The van der Waals surface area contributed by atoms with Crippen LogP contribution in [0, 0.1) is 11.8 Å². The predicted octanol–water partition coefficient (Wildman–Crippen LogP) is 3.99. The maximum atomic E-state index is 12.1. The van der Waals surface area contributed by atoms with Crippen molar-refractivity contribution in [2.45, 2.75) is 52.6 Å². The molecule has 1 unspecified atom stereocenters. The monoisotopic (exact) mass is 316 g/mol. The first-order chi connectivity index (χ1) is 11.1. The van der Waals surface area contributed by atoms with Gasteiger partial charge in [-0.3, -0.25) is 0 Å². The molecule has 0 bridgehead atoms. The van der Waals surface area contributed by atoms with Gasteiger partial charge in [-0.25, -0.2) is 9.59 Å². The van der Waals surface area contributed by atoms with Crippen LogP contribution in [0.4, 0.5) is 0 Å². The van der Waals surface area contributed by atoms with Crippen LogP contribution in [0.15, 0.2) is 24.3 Å². The number of ether oxygens (including phenoxy) is 2. The molecule has 1 rings (SSSR count). The minimum absolute atomic E-state index is 0.323. The van der Waals surface area contributed by atoms with Crippen LogP contribution in [0.5, 0.6) is 0 Å². The molecule has 0 N–H and O–H groups in total. The Labute approximate surface area is 138 Å². The number of esters is 2. The average molecular weight is 316 g/mol. The fraction of sp³-hybridized carbons (Fsp3) is 0.474. The Bertz CT molecular complexity index is 581. The molecule has 124 valence electrons. The molecule has 0 saturated heterocycles. The summed E-state index contributed by atoms with van der Waals surface area (Å²) in [4.78, 5) is 24.1. The minimum atomic E-state index is -0.486. The molecule has 0 amide bonds. The smallest absolute Gasteiger partial charge is 0.339 e. The van der Waals surface area contributed by atoms with Gasteiger partial charge in [-0.05, 0) is 38.0 Å². The quantitative estimate of drug-likeness (QED) is 0.413. The molecule has 1 atom stereocenters. The molecule has 4 heteroatoms. The molecule has 1 aromatic carbocycles. The Morgan fingerprint density at radius 1 is 1.13 bits per heavy atom. The lowest BCUT2D eigenvalue weighted by atomic mass is 10.1. The highest BCUT2D eigenvalue weighted by Crippen LogP contribution is 2.11. The molecule has 0 aliphatic carbocycles. The first kappa shape index (κ1) is 18.8. The number of benzene rings is 1. The number of carbonyl (C=O) groups is 2. The standard InChI is InChI=1S/C19H24O4/c1-4-7-8-13-22-18(20)15-11-9-12-16(14-15)19(21)23-17(6-3)10-5-2/h9,11-12,14,17H,4,6-8,13H2,1-3H3. The lowest BCUT2D eigenvalue weighted by Crippen LogP contribution is -2.16. The van der Waals surface area contributed by atoms with E-state index in [4.69, 9.17) is 9.47 Å². The zero-order valence-corrected chi connectivity index (χ0v) is 14.1. The van der Waals surface area contributed by atoms with Crippen LogP contribution >= 0.6 is 0 Å². The molecular formula is C19H24O4. The highest BCUT2D eigenvalue weighted by atomic mass is 16.5. The second-order valence-corrected chi connectivity index (χ2v) is 5.12. The molecule has 1 aromatic rings. The van der Waals surface area contributed by atoms with E-state index in [-0.39, 0.29) is 0 Å². The van der Waals surface area contributed by atoms with Crippen molar-refractivity contribution in [1.82, 2.24) is 0 Å². The number of rotatable bonds is 8. The third kappa shape index (κ3) is 6.56. The number of unbranched alkanes of at least 4 members (excludes halogenated alkanes) is 2. The summed E-state index contributed by atoms with van der Waals surface area (Å²) in [5.74, 6) is 4.66. The summed E-state index contributed by atoms with van der Waals surface area (Å²) in [5, 5.41) is 0. The molecule has 0 heterocycles. The Morgan fingerprint density at radius 3 is 2.43 bits per heavy atom. The van der Waals surface area contributed by atoms with E-state index in [1.807, 2.05) is 6.92 Å². The van der Waals surface area contributed by atoms with Gasteiger partial charge < -0.3 is 9.47 Å². The van der Waals surface area contributed by atoms with Gasteiger partial charge in [0.1, 0.15) is 0 Å². The predicted molar refractivity (Wildman–Crippen MR) is 89.2 cm³/mol. The van der Waals surface area contributed by atoms with Crippen LogP contribution in [-0.2, 0) is 9.47 Å². The molecule has 0 aliphatic rings. The van der Waals surface area contributed by atoms with E-state index >= 15 is 0 Å². The van der Waals surface area contributed by atoms with Gasteiger partial charge in [0.15, 0.2) is 6.10 Å². The van der Waals surface area contributed by atoms with Crippen molar-refractivity contribution in [2.24, 2.45) is 0 Å². The SMILES string of the molecule is CC#CC(CC)OC(=O)c1cccc(C(=O)OCCCCC)c1. The van der Waals surface area contributed by atoms with Gasteiger partial charge >= 0.3 is 11.9 Å². The topological polar surface area (TPSA) is 52.6 Å². The zero-order chi connectivity index (χ0) is 17.1. The highest BCUT2D eigenvalue weighted by molar-refractivity contribution is 5.95. The minimum Gasteiger partial charge on any atom is -0.462 e. The van der Waals surface area contributed by atoms with Gasteiger partial charge in [-0.2, -0.15) is 0 Å².